The van der Waals surface area contributed by atoms with Crippen LogP contribution >= 0.6 is 0 Å². The molecule has 2 heterocycles. The summed E-state index contributed by atoms with van der Waals surface area (Å²) in [6.45, 7) is 1.69. The van der Waals surface area contributed by atoms with Gasteiger partial charge in [0, 0.05) is 19.9 Å². The molecule has 166 valence electrons. The van der Waals surface area contributed by atoms with Crippen molar-refractivity contribution in [2.24, 2.45) is 12.1 Å². The molecule has 1 unspecified atom stereocenters. The van der Waals surface area contributed by atoms with E-state index in [1.54, 1.807) is 19.1 Å². The van der Waals surface area contributed by atoms with Gasteiger partial charge >= 0.3 is 5.69 Å². The number of hydrogen-bond acceptors (Lipinski definition) is 8. The topological polar surface area (TPSA) is 135 Å². The van der Waals surface area contributed by atoms with Gasteiger partial charge in [0.05, 0.1) is 33.1 Å². The second kappa shape index (κ2) is 8.54. The number of hydrogen-bond donors (Lipinski definition) is 2. The second-order valence-electron chi connectivity index (χ2n) is 6.83. The number of benzene rings is 1. The lowest BCUT2D eigenvalue weighted by molar-refractivity contribution is -0.132. The summed E-state index contributed by atoms with van der Waals surface area (Å²) >= 11 is 0. The lowest BCUT2D eigenvalue weighted by atomic mass is 9.98. The number of H-pyrrole nitrogens is 1. The Hall–Kier alpha value is -3.76. The van der Waals surface area contributed by atoms with Crippen LogP contribution in [0.3, 0.4) is 0 Å². The zero-order valence-corrected chi connectivity index (χ0v) is 17.9. The monoisotopic (exact) mass is 432 g/mol. The molecule has 1 aromatic heterocycles. The number of rotatable bonds is 6. The lowest BCUT2D eigenvalue weighted by Gasteiger charge is -2.23. The fraction of sp³-hybridized carbons (Fsp3) is 0.400. The lowest BCUT2D eigenvalue weighted by Crippen LogP contribution is -2.32. The first-order chi connectivity index (χ1) is 14.8. The van der Waals surface area contributed by atoms with Crippen molar-refractivity contribution in [3.8, 4) is 23.1 Å². The summed E-state index contributed by atoms with van der Waals surface area (Å²) in [4.78, 5) is 38.9. The van der Waals surface area contributed by atoms with Gasteiger partial charge in [-0.2, -0.15) is 5.10 Å². The van der Waals surface area contributed by atoms with Crippen LogP contribution in [0.2, 0.25) is 0 Å². The molecular formula is C20H24N4O7. The summed E-state index contributed by atoms with van der Waals surface area (Å²) < 4.78 is 17.0. The molecule has 2 N–H and O–H groups in total. The number of nitrogens with one attached hydrogen (secondary N) is 1. The first-order valence-corrected chi connectivity index (χ1v) is 9.49. The van der Waals surface area contributed by atoms with E-state index < -0.39 is 23.2 Å². The van der Waals surface area contributed by atoms with Crippen molar-refractivity contribution in [2.75, 3.05) is 21.3 Å². The molecule has 11 nitrogen and oxygen atoms in total. The van der Waals surface area contributed by atoms with Crippen LogP contribution in [-0.4, -0.2) is 52.6 Å². The number of hydrazone groups is 1. The summed E-state index contributed by atoms with van der Waals surface area (Å²) in [5.74, 6) is 0.388. The molecule has 0 saturated carbocycles. The third kappa shape index (κ3) is 3.74. The van der Waals surface area contributed by atoms with Gasteiger partial charge in [0.25, 0.3) is 5.56 Å². The molecule has 0 fully saturated rings. The number of aromatic hydroxyl groups is 1. The van der Waals surface area contributed by atoms with E-state index in [-0.39, 0.29) is 30.0 Å². The summed E-state index contributed by atoms with van der Waals surface area (Å²) in [6.07, 6.45) is 0.298. The zero-order valence-electron chi connectivity index (χ0n) is 17.9. The molecule has 11 heteroatoms. The van der Waals surface area contributed by atoms with E-state index in [9.17, 15) is 19.5 Å². The highest BCUT2D eigenvalue weighted by Gasteiger charge is 2.36. The van der Waals surface area contributed by atoms with Gasteiger partial charge in [0.2, 0.25) is 17.5 Å². The van der Waals surface area contributed by atoms with Gasteiger partial charge in [-0.25, -0.2) is 9.80 Å². The van der Waals surface area contributed by atoms with Crippen molar-refractivity contribution in [3.63, 3.8) is 0 Å². The van der Waals surface area contributed by atoms with Crippen LogP contribution in [-0.2, 0) is 11.8 Å². The Labute approximate surface area is 177 Å². The van der Waals surface area contributed by atoms with Crippen LogP contribution in [0.5, 0.6) is 23.1 Å². The molecule has 1 atom stereocenters. The SMILES string of the molecule is CCC(=O)N1N=C(c2c(O)n(C)c(=O)[nH]c2=O)CC1c1cc(OC)c(OC)c(OC)c1. The van der Waals surface area contributed by atoms with E-state index in [0.717, 1.165) is 4.57 Å². The first-order valence-electron chi connectivity index (χ1n) is 9.49. The summed E-state index contributed by atoms with van der Waals surface area (Å²) in [5.41, 5.74) is -0.891. The van der Waals surface area contributed by atoms with E-state index in [0.29, 0.717) is 22.8 Å². The van der Waals surface area contributed by atoms with Crippen LogP contribution in [0.1, 0.15) is 36.9 Å². The molecule has 1 amide bonds. The number of aromatic amines is 1. The predicted molar refractivity (Wildman–Crippen MR) is 111 cm³/mol. The largest absolute Gasteiger partial charge is 0.494 e. The third-order valence-corrected chi connectivity index (χ3v) is 5.12. The van der Waals surface area contributed by atoms with Crippen molar-refractivity contribution in [1.29, 1.82) is 0 Å². The molecule has 3 rings (SSSR count). The van der Waals surface area contributed by atoms with Crippen molar-refractivity contribution < 1.29 is 24.1 Å². The Kier molecular flexibility index (Phi) is 6.04. The van der Waals surface area contributed by atoms with Crippen LogP contribution in [0, 0.1) is 0 Å². The molecule has 0 spiro atoms. The van der Waals surface area contributed by atoms with Gasteiger partial charge in [-0.1, -0.05) is 6.92 Å². The van der Waals surface area contributed by atoms with Gasteiger partial charge in [-0.05, 0) is 17.7 Å². The molecule has 2 aromatic rings. The molecule has 1 aliphatic rings. The maximum atomic E-state index is 12.6. The fourth-order valence-electron chi connectivity index (χ4n) is 3.48. The number of nitrogens with zero attached hydrogens (tertiary/aromatic N) is 3. The van der Waals surface area contributed by atoms with Crippen LogP contribution in [0.15, 0.2) is 26.8 Å². The second-order valence-corrected chi connectivity index (χ2v) is 6.83. The standard InChI is InChI=1S/C20H24N4O7/c1-6-15(25)24-12(10-7-13(29-3)17(31-5)14(8-10)30-4)9-11(22-24)16-18(26)21-20(28)23(2)19(16)27/h7-8,12,27H,6,9H2,1-5H3,(H,21,26,28). The predicted octanol–water partition coefficient (Wildman–Crippen LogP) is 0.893. The van der Waals surface area contributed by atoms with Crippen molar-refractivity contribution in [1.82, 2.24) is 14.6 Å². The minimum Gasteiger partial charge on any atom is -0.494 e. The van der Waals surface area contributed by atoms with Crippen LogP contribution in [0.25, 0.3) is 0 Å². The number of amides is 1. The Morgan fingerprint density at radius 1 is 1.19 bits per heavy atom. The summed E-state index contributed by atoms with van der Waals surface area (Å²) in [7, 11) is 5.76. The average Bonchev–Trinajstić information content (AvgIpc) is 3.20. The summed E-state index contributed by atoms with van der Waals surface area (Å²) in [6, 6.07) is 2.81. The Balaban J connectivity index is 2.15. The number of carbonyl (C=O) groups excluding carboxylic acids is 1. The highest BCUT2D eigenvalue weighted by Crippen LogP contribution is 2.43. The van der Waals surface area contributed by atoms with Gasteiger partial charge < -0.3 is 19.3 Å². The fourth-order valence-corrected chi connectivity index (χ4v) is 3.48. The molecule has 0 bridgehead atoms. The Bertz CT molecular complexity index is 1140. The summed E-state index contributed by atoms with van der Waals surface area (Å²) in [5, 5.41) is 16.0. The minimum atomic E-state index is -0.784. The maximum absolute atomic E-state index is 12.6. The number of carbonyl (C=O) groups is 1. The quantitative estimate of drug-likeness (QED) is 0.692. The van der Waals surface area contributed by atoms with Gasteiger partial charge in [-0.3, -0.25) is 19.1 Å². The van der Waals surface area contributed by atoms with Gasteiger partial charge in [0.15, 0.2) is 11.5 Å². The third-order valence-electron chi connectivity index (χ3n) is 5.12. The normalized spacial score (nSPS) is 15.6. The molecule has 31 heavy (non-hydrogen) atoms. The highest BCUT2D eigenvalue weighted by molar-refractivity contribution is 6.04. The molecule has 1 aromatic carbocycles. The molecule has 0 saturated heterocycles. The van der Waals surface area contributed by atoms with Crippen molar-refractivity contribution >= 4 is 11.6 Å². The molecule has 0 aliphatic carbocycles. The van der Waals surface area contributed by atoms with E-state index in [4.69, 9.17) is 14.2 Å². The van der Waals surface area contributed by atoms with Crippen molar-refractivity contribution in [2.45, 2.75) is 25.8 Å². The Morgan fingerprint density at radius 2 is 1.81 bits per heavy atom. The van der Waals surface area contributed by atoms with E-state index in [1.165, 1.54) is 33.4 Å². The first kappa shape index (κ1) is 21.9. The molecule has 0 radical (unpaired) electrons. The van der Waals surface area contributed by atoms with E-state index >= 15 is 0 Å². The van der Waals surface area contributed by atoms with Crippen LogP contribution in [0.4, 0.5) is 0 Å². The van der Waals surface area contributed by atoms with Gasteiger partial charge in [-0.15, -0.1) is 0 Å². The van der Waals surface area contributed by atoms with Crippen molar-refractivity contribution in [3.05, 3.63) is 44.1 Å². The Morgan fingerprint density at radius 3 is 2.32 bits per heavy atom. The zero-order chi connectivity index (χ0) is 22.9. The average molecular weight is 432 g/mol. The maximum Gasteiger partial charge on any atom is 0.330 e. The highest BCUT2D eigenvalue weighted by atomic mass is 16.5. The minimum absolute atomic E-state index is 0.124. The van der Waals surface area contributed by atoms with E-state index in [1.807, 2.05) is 0 Å². The molecule has 1 aliphatic heterocycles. The van der Waals surface area contributed by atoms with Crippen LogP contribution < -0.4 is 25.5 Å². The number of aromatic nitrogens is 2. The molecular weight excluding hydrogens is 408 g/mol. The number of methoxy groups -OCH3 is 3. The van der Waals surface area contributed by atoms with E-state index in [2.05, 4.69) is 10.1 Å². The number of ether oxygens (including phenoxy) is 3. The smallest absolute Gasteiger partial charge is 0.330 e. The van der Waals surface area contributed by atoms with Gasteiger partial charge in [0.1, 0.15) is 5.56 Å².